The van der Waals surface area contributed by atoms with Gasteiger partial charge in [0.2, 0.25) is 0 Å². The molecule has 4 nitrogen and oxygen atoms in total. The van der Waals surface area contributed by atoms with Crippen LogP contribution in [0.2, 0.25) is 0 Å². The van der Waals surface area contributed by atoms with Gasteiger partial charge in [-0.15, -0.1) is 11.3 Å². The molecule has 0 aliphatic rings. The van der Waals surface area contributed by atoms with Crippen LogP contribution in [0.25, 0.3) is 10.6 Å². The Bertz CT molecular complexity index is 474. The Morgan fingerprint density at radius 3 is 3.00 bits per heavy atom. The number of thiophene rings is 1. The van der Waals surface area contributed by atoms with Crippen LogP contribution in [0.3, 0.4) is 0 Å². The summed E-state index contributed by atoms with van der Waals surface area (Å²) in [4.78, 5) is 16.7. The largest absolute Gasteiger partial charge is 0.442 e. The van der Waals surface area contributed by atoms with E-state index >= 15 is 0 Å². The van der Waals surface area contributed by atoms with E-state index in [0.717, 1.165) is 4.88 Å². The number of aromatic nitrogens is 1. The maximum Gasteiger partial charge on any atom is 0.274 e. The molecule has 84 valence electrons. The Morgan fingerprint density at radius 1 is 1.56 bits per heavy atom. The Balaban J connectivity index is 2.29. The second kappa shape index (κ2) is 4.49. The van der Waals surface area contributed by atoms with Crippen molar-refractivity contribution in [3.63, 3.8) is 0 Å². The van der Waals surface area contributed by atoms with Gasteiger partial charge in [0.1, 0.15) is 0 Å². The molecule has 0 atom stereocenters. The zero-order chi connectivity index (χ0) is 11.5. The van der Waals surface area contributed by atoms with E-state index in [1.807, 2.05) is 31.4 Å². The maximum absolute atomic E-state index is 11.8. The lowest BCUT2D eigenvalue weighted by atomic mass is 10.2. The molecule has 0 unspecified atom stereocenters. The molecule has 2 rings (SSSR count). The minimum absolute atomic E-state index is 0.0837. The van der Waals surface area contributed by atoms with E-state index < -0.39 is 0 Å². The topological polar surface area (TPSA) is 55.1 Å². The standard InChI is InChI=1S/C11H12N2O2S/c1-7(2)13-11(14)9-10(15-6-12-9)8-4-3-5-16-8/h3-7H,1-2H3,(H,13,14). The molecule has 5 heteroatoms. The van der Waals surface area contributed by atoms with Crippen molar-refractivity contribution in [2.45, 2.75) is 19.9 Å². The lowest BCUT2D eigenvalue weighted by Gasteiger charge is -2.06. The first-order valence-electron chi connectivity index (χ1n) is 4.96. The van der Waals surface area contributed by atoms with Crippen molar-refractivity contribution in [1.29, 1.82) is 0 Å². The molecular weight excluding hydrogens is 224 g/mol. The highest BCUT2D eigenvalue weighted by atomic mass is 32.1. The first-order chi connectivity index (χ1) is 7.68. The Labute approximate surface area is 97.3 Å². The quantitative estimate of drug-likeness (QED) is 0.891. The van der Waals surface area contributed by atoms with Crippen LogP contribution >= 0.6 is 11.3 Å². The first kappa shape index (κ1) is 10.9. The van der Waals surface area contributed by atoms with Gasteiger partial charge >= 0.3 is 0 Å². The highest BCUT2D eigenvalue weighted by molar-refractivity contribution is 7.13. The normalized spacial score (nSPS) is 10.7. The number of hydrogen-bond acceptors (Lipinski definition) is 4. The van der Waals surface area contributed by atoms with Crippen LogP contribution in [0.5, 0.6) is 0 Å². The van der Waals surface area contributed by atoms with Crippen molar-refractivity contribution in [1.82, 2.24) is 10.3 Å². The van der Waals surface area contributed by atoms with Gasteiger partial charge in [0.25, 0.3) is 5.91 Å². The van der Waals surface area contributed by atoms with Crippen LogP contribution < -0.4 is 5.32 Å². The first-order valence-corrected chi connectivity index (χ1v) is 5.84. The second-order valence-electron chi connectivity index (χ2n) is 3.64. The highest BCUT2D eigenvalue weighted by Crippen LogP contribution is 2.27. The summed E-state index contributed by atoms with van der Waals surface area (Å²) in [6.45, 7) is 3.81. The average Bonchev–Trinajstić information content (AvgIpc) is 2.87. The third-order valence-corrected chi connectivity index (χ3v) is 2.82. The van der Waals surface area contributed by atoms with Gasteiger partial charge in [-0.05, 0) is 25.3 Å². The molecule has 2 heterocycles. The summed E-state index contributed by atoms with van der Waals surface area (Å²) in [5.41, 5.74) is 0.344. The predicted octanol–water partition coefficient (Wildman–Crippen LogP) is 2.54. The van der Waals surface area contributed by atoms with Crippen molar-refractivity contribution in [2.24, 2.45) is 0 Å². The second-order valence-corrected chi connectivity index (χ2v) is 4.58. The summed E-state index contributed by atoms with van der Waals surface area (Å²) in [7, 11) is 0. The molecule has 1 amide bonds. The molecule has 2 aromatic heterocycles. The van der Waals surface area contributed by atoms with E-state index in [-0.39, 0.29) is 11.9 Å². The molecule has 0 fully saturated rings. The third-order valence-electron chi connectivity index (χ3n) is 1.95. The SMILES string of the molecule is CC(C)NC(=O)c1ncoc1-c1cccs1. The molecule has 0 aliphatic carbocycles. The zero-order valence-electron chi connectivity index (χ0n) is 9.06. The lowest BCUT2D eigenvalue weighted by Crippen LogP contribution is -2.30. The summed E-state index contributed by atoms with van der Waals surface area (Å²) < 4.78 is 5.25. The van der Waals surface area contributed by atoms with Crippen LogP contribution in [-0.4, -0.2) is 16.9 Å². The number of rotatable bonds is 3. The van der Waals surface area contributed by atoms with Crippen molar-refractivity contribution >= 4 is 17.2 Å². The van der Waals surface area contributed by atoms with Gasteiger partial charge < -0.3 is 9.73 Å². The number of hydrogen-bond donors (Lipinski definition) is 1. The summed E-state index contributed by atoms with van der Waals surface area (Å²) in [5, 5.41) is 4.72. The van der Waals surface area contributed by atoms with Gasteiger partial charge in [-0.1, -0.05) is 6.07 Å². The van der Waals surface area contributed by atoms with Crippen molar-refractivity contribution in [2.75, 3.05) is 0 Å². The van der Waals surface area contributed by atoms with Crippen LogP contribution in [0, 0.1) is 0 Å². The molecule has 2 aromatic rings. The minimum atomic E-state index is -0.202. The molecule has 16 heavy (non-hydrogen) atoms. The van der Waals surface area contributed by atoms with Crippen molar-refractivity contribution in [3.05, 3.63) is 29.6 Å². The number of carbonyl (C=O) groups is 1. The van der Waals surface area contributed by atoms with E-state index in [1.165, 1.54) is 17.7 Å². The Hall–Kier alpha value is -1.62. The van der Waals surface area contributed by atoms with Crippen LogP contribution in [0.4, 0.5) is 0 Å². The average molecular weight is 236 g/mol. The van der Waals surface area contributed by atoms with Crippen LogP contribution in [-0.2, 0) is 0 Å². The van der Waals surface area contributed by atoms with E-state index in [2.05, 4.69) is 10.3 Å². The predicted molar refractivity (Wildman–Crippen MR) is 62.4 cm³/mol. The maximum atomic E-state index is 11.8. The van der Waals surface area contributed by atoms with Crippen LogP contribution in [0.1, 0.15) is 24.3 Å². The van der Waals surface area contributed by atoms with Gasteiger partial charge in [0.15, 0.2) is 17.8 Å². The fourth-order valence-electron chi connectivity index (χ4n) is 1.32. The Morgan fingerprint density at radius 2 is 2.38 bits per heavy atom. The summed E-state index contributed by atoms with van der Waals surface area (Å²) >= 11 is 1.52. The summed E-state index contributed by atoms with van der Waals surface area (Å²) in [5.74, 6) is 0.334. The Kier molecular flexibility index (Phi) is 3.05. The molecule has 0 aromatic carbocycles. The fourth-order valence-corrected chi connectivity index (χ4v) is 2.03. The highest BCUT2D eigenvalue weighted by Gasteiger charge is 2.19. The molecule has 0 saturated carbocycles. The van der Waals surface area contributed by atoms with E-state index in [9.17, 15) is 4.79 Å². The smallest absolute Gasteiger partial charge is 0.274 e. The van der Waals surface area contributed by atoms with Gasteiger partial charge in [-0.3, -0.25) is 4.79 Å². The number of carbonyl (C=O) groups excluding carboxylic acids is 1. The number of oxazole rings is 1. The minimum Gasteiger partial charge on any atom is -0.442 e. The molecule has 0 saturated heterocycles. The molecule has 0 bridgehead atoms. The molecule has 0 spiro atoms. The lowest BCUT2D eigenvalue weighted by molar-refractivity contribution is 0.0939. The van der Waals surface area contributed by atoms with Crippen LogP contribution in [0.15, 0.2) is 28.3 Å². The molecular formula is C11H12N2O2S. The number of nitrogens with one attached hydrogen (secondary N) is 1. The number of amides is 1. The number of nitrogens with zero attached hydrogens (tertiary/aromatic N) is 1. The zero-order valence-corrected chi connectivity index (χ0v) is 9.88. The molecule has 0 radical (unpaired) electrons. The monoisotopic (exact) mass is 236 g/mol. The van der Waals surface area contributed by atoms with E-state index in [4.69, 9.17) is 4.42 Å². The summed E-state index contributed by atoms with van der Waals surface area (Å²) in [6.07, 6.45) is 1.30. The van der Waals surface area contributed by atoms with E-state index in [1.54, 1.807) is 0 Å². The van der Waals surface area contributed by atoms with Crippen molar-refractivity contribution < 1.29 is 9.21 Å². The van der Waals surface area contributed by atoms with Gasteiger partial charge in [-0.2, -0.15) is 0 Å². The summed E-state index contributed by atoms with van der Waals surface area (Å²) in [6, 6.07) is 3.89. The third kappa shape index (κ3) is 2.14. The van der Waals surface area contributed by atoms with Gasteiger partial charge in [0.05, 0.1) is 4.88 Å². The molecule has 1 N–H and O–H groups in total. The van der Waals surface area contributed by atoms with Crippen molar-refractivity contribution in [3.8, 4) is 10.6 Å². The fraction of sp³-hybridized carbons (Fsp3) is 0.273. The van der Waals surface area contributed by atoms with Gasteiger partial charge in [0, 0.05) is 6.04 Å². The van der Waals surface area contributed by atoms with Gasteiger partial charge in [-0.25, -0.2) is 4.98 Å². The molecule has 0 aliphatic heterocycles. The van der Waals surface area contributed by atoms with E-state index in [0.29, 0.717) is 11.5 Å².